The smallest absolute Gasteiger partial charge is 0.111 e. The zero-order valence-corrected chi connectivity index (χ0v) is 15.7. The molecule has 0 aromatic heterocycles. The first-order valence-electron chi connectivity index (χ1n) is 8.02. The van der Waals surface area contributed by atoms with Gasteiger partial charge in [-0.25, -0.2) is 0 Å². The fourth-order valence-corrected chi connectivity index (χ4v) is 4.40. The third kappa shape index (κ3) is 6.04. The van der Waals surface area contributed by atoms with Crippen molar-refractivity contribution in [2.75, 3.05) is 13.8 Å². The molecular formula is C16H32BrFO4. The van der Waals surface area contributed by atoms with E-state index in [1.165, 1.54) is 25.7 Å². The lowest BCUT2D eigenvalue weighted by Crippen LogP contribution is -2.40. The SMILES string of the molecule is CC1CCC2C(CO1)C(C(C)C(O)Br)CC[C@H]2C.CF.OO. The van der Waals surface area contributed by atoms with Gasteiger partial charge < -0.3 is 9.84 Å². The lowest BCUT2D eigenvalue weighted by molar-refractivity contribution is -0.176. The van der Waals surface area contributed by atoms with Gasteiger partial charge in [-0.05, 0) is 55.8 Å². The Balaban J connectivity index is 0.00000102. The largest absolute Gasteiger partial charge is 0.382 e. The number of aliphatic hydroxyl groups is 1. The molecule has 1 aliphatic heterocycles. The normalized spacial score (nSPS) is 37.2. The van der Waals surface area contributed by atoms with Gasteiger partial charge in [-0.15, -0.1) is 0 Å². The van der Waals surface area contributed by atoms with Crippen LogP contribution in [0.15, 0.2) is 0 Å². The summed E-state index contributed by atoms with van der Waals surface area (Å²) in [4.78, 5) is 0. The molecule has 0 aromatic carbocycles. The van der Waals surface area contributed by atoms with Gasteiger partial charge in [0.15, 0.2) is 0 Å². The number of alkyl halides is 2. The van der Waals surface area contributed by atoms with E-state index in [4.69, 9.17) is 15.3 Å². The molecule has 2 rings (SSSR count). The maximum absolute atomic E-state index is 9.83. The number of aliphatic hydroxyl groups excluding tert-OH is 1. The zero-order chi connectivity index (χ0) is 17.3. The van der Waals surface area contributed by atoms with E-state index in [2.05, 4.69) is 36.7 Å². The molecule has 0 radical (unpaired) electrons. The number of hydrogen-bond donors (Lipinski definition) is 3. The highest BCUT2D eigenvalue weighted by molar-refractivity contribution is 9.09. The average Bonchev–Trinajstić information content (AvgIpc) is 2.74. The number of fused-ring (bicyclic) bond motifs is 1. The highest BCUT2D eigenvalue weighted by Crippen LogP contribution is 2.47. The Labute approximate surface area is 142 Å². The third-order valence-electron chi connectivity index (χ3n) is 5.38. The molecule has 2 fully saturated rings. The predicted octanol–water partition coefficient (Wildman–Crippen LogP) is 4.42. The second-order valence-corrected chi connectivity index (χ2v) is 7.44. The van der Waals surface area contributed by atoms with Crippen LogP contribution in [-0.4, -0.2) is 40.5 Å². The minimum Gasteiger partial charge on any atom is -0.382 e. The van der Waals surface area contributed by atoms with Crippen molar-refractivity contribution < 1.29 is 24.7 Å². The van der Waals surface area contributed by atoms with Crippen LogP contribution in [0.1, 0.15) is 46.5 Å². The van der Waals surface area contributed by atoms with E-state index >= 15 is 0 Å². The molecule has 1 heterocycles. The van der Waals surface area contributed by atoms with Gasteiger partial charge in [0, 0.05) is 0 Å². The van der Waals surface area contributed by atoms with Crippen LogP contribution in [-0.2, 0) is 4.74 Å². The fourth-order valence-electron chi connectivity index (χ4n) is 4.01. The first-order valence-corrected chi connectivity index (χ1v) is 8.93. The van der Waals surface area contributed by atoms with Crippen molar-refractivity contribution in [1.82, 2.24) is 0 Å². The van der Waals surface area contributed by atoms with E-state index in [-0.39, 0.29) is 5.01 Å². The molecule has 3 N–H and O–H groups in total. The first kappa shape index (κ1) is 22.2. The Morgan fingerprint density at radius 2 is 1.64 bits per heavy atom. The van der Waals surface area contributed by atoms with E-state index in [0.29, 0.717) is 31.0 Å². The van der Waals surface area contributed by atoms with Crippen molar-refractivity contribution in [3.8, 4) is 0 Å². The van der Waals surface area contributed by atoms with Crippen LogP contribution in [0.4, 0.5) is 4.39 Å². The van der Waals surface area contributed by atoms with Crippen molar-refractivity contribution in [2.24, 2.45) is 29.6 Å². The summed E-state index contributed by atoms with van der Waals surface area (Å²) in [6, 6.07) is 0. The Bertz CT molecular complexity index is 281. The molecule has 1 saturated carbocycles. The van der Waals surface area contributed by atoms with Crippen LogP contribution in [0.5, 0.6) is 0 Å². The van der Waals surface area contributed by atoms with Crippen molar-refractivity contribution in [3.05, 3.63) is 0 Å². The van der Waals surface area contributed by atoms with Crippen molar-refractivity contribution in [2.45, 2.75) is 57.6 Å². The van der Waals surface area contributed by atoms with E-state index < -0.39 is 0 Å². The molecule has 134 valence electrons. The monoisotopic (exact) mass is 386 g/mol. The summed E-state index contributed by atoms with van der Waals surface area (Å²) < 4.78 is 15.5. The topological polar surface area (TPSA) is 69.9 Å². The molecule has 2 aliphatic rings. The maximum atomic E-state index is 9.83. The molecule has 0 spiro atoms. The Morgan fingerprint density at radius 1 is 1.05 bits per heavy atom. The number of hydrogen-bond acceptors (Lipinski definition) is 4. The van der Waals surface area contributed by atoms with Crippen molar-refractivity contribution in [1.29, 1.82) is 0 Å². The minimum absolute atomic E-state index is 0.321. The molecule has 1 saturated heterocycles. The van der Waals surface area contributed by atoms with Gasteiger partial charge in [0.2, 0.25) is 0 Å². The second-order valence-electron chi connectivity index (χ2n) is 6.50. The molecule has 0 aromatic rings. The summed E-state index contributed by atoms with van der Waals surface area (Å²) in [5.41, 5.74) is 0. The van der Waals surface area contributed by atoms with E-state index in [0.717, 1.165) is 18.4 Å². The van der Waals surface area contributed by atoms with Gasteiger partial charge >= 0.3 is 0 Å². The van der Waals surface area contributed by atoms with Crippen LogP contribution < -0.4 is 0 Å². The fraction of sp³-hybridized carbons (Fsp3) is 1.00. The average molecular weight is 387 g/mol. The van der Waals surface area contributed by atoms with Crippen LogP contribution in [0.2, 0.25) is 0 Å². The molecule has 22 heavy (non-hydrogen) atoms. The highest BCUT2D eigenvalue weighted by Gasteiger charge is 2.42. The standard InChI is InChI=1S/C15H27BrO2.CH3F.H2O2/c1-9-4-6-13(11(3)15(16)17)14-8-18-10(2)5-7-12(9)14;2*1-2/h9-15,17H,4-8H2,1-3H3;1H3;1-2H/t9-,10?,11?,12?,13?,14?,15?;;/m1../s1. The number of halogens is 2. The van der Waals surface area contributed by atoms with E-state index in [1.54, 1.807) is 0 Å². The summed E-state index contributed by atoms with van der Waals surface area (Å²) in [6.07, 6.45) is 5.46. The van der Waals surface area contributed by atoms with Gasteiger partial charge in [-0.2, -0.15) is 0 Å². The van der Waals surface area contributed by atoms with Gasteiger partial charge in [-0.3, -0.25) is 14.9 Å². The summed E-state index contributed by atoms with van der Waals surface area (Å²) in [7, 11) is 0.500. The van der Waals surface area contributed by atoms with Crippen molar-refractivity contribution in [3.63, 3.8) is 0 Å². The molecule has 7 atom stereocenters. The third-order valence-corrected chi connectivity index (χ3v) is 6.21. The lowest BCUT2D eigenvalue weighted by atomic mass is 9.63. The Morgan fingerprint density at radius 3 is 2.18 bits per heavy atom. The molecule has 6 unspecified atom stereocenters. The summed E-state index contributed by atoms with van der Waals surface area (Å²) in [6.45, 7) is 7.66. The zero-order valence-electron chi connectivity index (χ0n) is 14.1. The maximum Gasteiger partial charge on any atom is 0.111 e. The van der Waals surface area contributed by atoms with Crippen molar-refractivity contribution >= 4 is 15.9 Å². The van der Waals surface area contributed by atoms with Gasteiger partial charge in [0.1, 0.15) is 5.01 Å². The summed E-state index contributed by atoms with van der Waals surface area (Å²) in [5, 5.41) is 21.4. The molecule has 4 nitrogen and oxygen atoms in total. The van der Waals surface area contributed by atoms with E-state index in [9.17, 15) is 9.50 Å². The summed E-state index contributed by atoms with van der Waals surface area (Å²) >= 11 is 3.35. The predicted molar refractivity (Wildman–Crippen MR) is 89.9 cm³/mol. The molecule has 1 aliphatic carbocycles. The summed E-state index contributed by atoms with van der Waals surface area (Å²) in [5.74, 6) is 3.18. The molecule has 0 amide bonds. The molecule has 6 heteroatoms. The quantitative estimate of drug-likeness (QED) is 0.373. The lowest BCUT2D eigenvalue weighted by Gasteiger charge is -2.44. The highest BCUT2D eigenvalue weighted by atomic mass is 79.9. The van der Waals surface area contributed by atoms with Crippen LogP contribution >= 0.6 is 15.9 Å². The number of ether oxygens (including phenoxy) is 1. The second kappa shape index (κ2) is 11.7. The first-order chi connectivity index (χ1) is 10.5. The van der Waals surface area contributed by atoms with Crippen LogP contribution in [0, 0.1) is 29.6 Å². The minimum atomic E-state index is -0.378. The Kier molecular flexibility index (Phi) is 11.9. The van der Waals surface area contributed by atoms with Gasteiger partial charge in [0.25, 0.3) is 0 Å². The van der Waals surface area contributed by atoms with Crippen LogP contribution in [0.3, 0.4) is 0 Å². The number of rotatable bonds is 2. The van der Waals surface area contributed by atoms with Gasteiger partial charge in [0.05, 0.1) is 19.9 Å². The molecule has 0 bridgehead atoms. The molecular weight excluding hydrogens is 355 g/mol. The van der Waals surface area contributed by atoms with E-state index in [1.807, 2.05) is 0 Å². The van der Waals surface area contributed by atoms with Gasteiger partial charge in [-0.1, -0.05) is 36.2 Å². The Hall–Kier alpha value is 0.250. The van der Waals surface area contributed by atoms with Crippen LogP contribution in [0.25, 0.3) is 0 Å².